The van der Waals surface area contributed by atoms with Crippen molar-refractivity contribution < 1.29 is 4.74 Å². The third kappa shape index (κ3) is 3.17. The Morgan fingerprint density at radius 3 is 2.53 bits per heavy atom. The molecule has 1 heterocycles. The maximum Gasteiger partial charge on any atom is 0.238 e. The molecule has 0 fully saturated rings. The number of halogens is 2. The van der Waals surface area contributed by atoms with Crippen LogP contribution in [0.4, 0.5) is 5.95 Å². The average molecular weight is 359 g/mol. The van der Waals surface area contributed by atoms with Gasteiger partial charge in [-0.15, -0.1) is 0 Å². The summed E-state index contributed by atoms with van der Waals surface area (Å²) in [7, 11) is 1.76. The second-order valence-corrected chi connectivity index (χ2v) is 4.92. The van der Waals surface area contributed by atoms with Gasteiger partial charge in [0.15, 0.2) is 0 Å². The third-order valence-electron chi connectivity index (χ3n) is 1.96. The molecule has 0 spiro atoms. The number of hydrogen-bond donors (Lipinski definition) is 1. The molecule has 4 nitrogen and oxygen atoms in total. The van der Waals surface area contributed by atoms with Gasteiger partial charge >= 0.3 is 0 Å². The molecule has 1 aromatic carbocycles. The summed E-state index contributed by atoms with van der Waals surface area (Å²) in [6, 6.07) is 7.53. The van der Waals surface area contributed by atoms with Gasteiger partial charge in [-0.2, -0.15) is 4.98 Å². The molecule has 17 heavy (non-hydrogen) atoms. The molecule has 0 radical (unpaired) electrons. The quantitative estimate of drug-likeness (QED) is 0.905. The molecular weight excluding hydrogens is 350 g/mol. The summed E-state index contributed by atoms with van der Waals surface area (Å²) in [5.74, 6) is 1.71. The molecule has 1 aromatic heterocycles. The monoisotopic (exact) mass is 357 g/mol. The number of nitrogens with one attached hydrogen (secondary N) is 1. The van der Waals surface area contributed by atoms with E-state index < -0.39 is 0 Å². The highest BCUT2D eigenvalue weighted by Crippen LogP contribution is 2.28. The summed E-state index contributed by atoms with van der Waals surface area (Å²) in [6.45, 7) is 0. The maximum atomic E-state index is 5.65. The summed E-state index contributed by atoms with van der Waals surface area (Å²) in [5, 5.41) is 2.86. The minimum Gasteiger partial charge on any atom is -0.438 e. The molecule has 0 saturated heterocycles. The predicted octanol–water partition coefficient (Wildman–Crippen LogP) is 3.84. The first kappa shape index (κ1) is 12.3. The van der Waals surface area contributed by atoms with Crippen molar-refractivity contribution in [3.63, 3.8) is 0 Å². The lowest BCUT2D eigenvalue weighted by Crippen LogP contribution is -1.98. The number of ether oxygens (including phenoxy) is 1. The summed E-state index contributed by atoms with van der Waals surface area (Å²) in [6.07, 6.45) is 1.65. The second-order valence-electron chi connectivity index (χ2n) is 3.15. The Morgan fingerprint density at radius 1 is 1.18 bits per heavy atom. The lowest BCUT2D eigenvalue weighted by molar-refractivity contribution is 0.459. The van der Waals surface area contributed by atoms with Crippen LogP contribution in [0, 0.1) is 0 Å². The highest BCUT2D eigenvalue weighted by atomic mass is 79.9. The van der Waals surface area contributed by atoms with E-state index in [9.17, 15) is 0 Å². The molecule has 0 aliphatic carbocycles. The van der Waals surface area contributed by atoms with E-state index in [0.717, 1.165) is 10.2 Å². The topological polar surface area (TPSA) is 47.0 Å². The van der Waals surface area contributed by atoms with Crippen LogP contribution in [0.25, 0.3) is 0 Å². The molecule has 0 aliphatic rings. The smallest absolute Gasteiger partial charge is 0.238 e. The van der Waals surface area contributed by atoms with Gasteiger partial charge in [0.1, 0.15) is 5.75 Å². The van der Waals surface area contributed by atoms with Gasteiger partial charge in [-0.05, 0) is 40.2 Å². The van der Waals surface area contributed by atoms with Crippen molar-refractivity contribution in [2.45, 2.75) is 0 Å². The molecule has 0 atom stereocenters. The van der Waals surface area contributed by atoms with Crippen LogP contribution in [0.3, 0.4) is 0 Å². The minimum atomic E-state index is 0.478. The van der Waals surface area contributed by atoms with Crippen LogP contribution in [0.1, 0.15) is 0 Å². The maximum absolute atomic E-state index is 5.65. The normalized spacial score (nSPS) is 10.1. The molecule has 0 unspecified atom stereocenters. The van der Waals surface area contributed by atoms with Gasteiger partial charge in [0, 0.05) is 11.5 Å². The van der Waals surface area contributed by atoms with E-state index in [1.54, 1.807) is 13.2 Å². The molecule has 2 aromatic rings. The van der Waals surface area contributed by atoms with Gasteiger partial charge in [0.05, 0.1) is 10.7 Å². The number of rotatable bonds is 3. The van der Waals surface area contributed by atoms with Crippen molar-refractivity contribution in [3.05, 3.63) is 39.4 Å². The molecular formula is C11H9Br2N3O. The zero-order valence-electron chi connectivity index (χ0n) is 8.95. The highest BCUT2D eigenvalue weighted by molar-refractivity contribution is 9.10. The molecule has 0 saturated carbocycles. The van der Waals surface area contributed by atoms with Crippen LogP contribution in [0.15, 0.2) is 39.4 Å². The summed E-state index contributed by atoms with van der Waals surface area (Å²) < 4.78 is 7.36. The molecule has 6 heteroatoms. The SMILES string of the molecule is CNc1ncc(Br)c(Oc2ccc(Br)cc2)n1. The molecule has 1 N–H and O–H groups in total. The van der Waals surface area contributed by atoms with Gasteiger partial charge in [-0.25, -0.2) is 4.98 Å². The van der Waals surface area contributed by atoms with E-state index in [1.165, 1.54) is 0 Å². The highest BCUT2D eigenvalue weighted by Gasteiger charge is 2.06. The largest absolute Gasteiger partial charge is 0.438 e. The van der Waals surface area contributed by atoms with Crippen LogP contribution in [0.5, 0.6) is 11.6 Å². The van der Waals surface area contributed by atoms with Crippen LogP contribution in [0.2, 0.25) is 0 Å². The second kappa shape index (κ2) is 5.46. The molecule has 88 valence electrons. The number of aromatic nitrogens is 2. The minimum absolute atomic E-state index is 0.478. The lowest BCUT2D eigenvalue weighted by Gasteiger charge is -2.07. The Hall–Kier alpha value is -1.14. The van der Waals surface area contributed by atoms with Gasteiger partial charge in [0.25, 0.3) is 0 Å². The predicted molar refractivity (Wildman–Crippen MR) is 73.5 cm³/mol. The Bertz CT molecular complexity index is 517. The molecule has 0 amide bonds. The Morgan fingerprint density at radius 2 is 1.88 bits per heavy atom. The summed E-state index contributed by atoms with van der Waals surface area (Å²) in [5.41, 5.74) is 0. The molecule has 2 rings (SSSR count). The Kier molecular flexibility index (Phi) is 3.96. The van der Waals surface area contributed by atoms with Crippen LogP contribution >= 0.6 is 31.9 Å². The van der Waals surface area contributed by atoms with Crippen molar-refractivity contribution in [2.24, 2.45) is 0 Å². The van der Waals surface area contributed by atoms with E-state index in [-0.39, 0.29) is 0 Å². The Balaban J connectivity index is 2.25. The zero-order valence-corrected chi connectivity index (χ0v) is 12.1. The van der Waals surface area contributed by atoms with Gasteiger partial charge < -0.3 is 10.1 Å². The van der Waals surface area contributed by atoms with Crippen molar-refractivity contribution >= 4 is 37.8 Å². The standard InChI is InChI=1S/C11H9Br2N3O/c1-14-11-15-6-9(13)10(16-11)17-8-4-2-7(12)3-5-8/h2-6H,1H3,(H,14,15,16). The first-order valence-corrected chi connectivity index (χ1v) is 6.41. The van der Waals surface area contributed by atoms with Crippen LogP contribution in [-0.2, 0) is 0 Å². The van der Waals surface area contributed by atoms with Crippen LogP contribution < -0.4 is 10.1 Å². The summed E-state index contributed by atoms with van der Waals surface area (Å²) in [4.78, 5) is 8.26. The number of hydrogen-bond acceptors (Lipinski definition) is 4. The number of benzene rings is 1. The summed E-state index contributed by atoms with van der Waals surface area (Å²) >= 11 is 6.71. The van der Waals surface area contributed by atoms with Crippen molar-refractivity contribution in [2.75, 3.05) is 12.4 Å². The number of anilines is 1. The number of nitrogens with zero attached hydrogens (tertiary/aromatic N) is 2. The third-order valence-corrected chi connectivity index (χ3v) is 3.04. The fourth-order valence-corrected chi connectivity index (χ4v) is 1.69. The van der Waals surface area contributed by atoms with Gasteiger partial charge in [0.2, 0.25) is 11.8 Å². The zero-order chi connectivity index (χ0) is 12.3. The van der Waals surface area contributed by atoms with E-state index >= 15 is 0 Å². The molecule has 0 aliphatic heterocycles. The average Bonchev–Trinajstić information content (AvgIpc) is 2.35. The first-order valence-electron chi connectivity index (χ1n) is 4.83. The van der Waals surface area contributed by atoms with E-state index in [2.05, 4.69) is 47.1 Å². The Labute approximate surface area is 116 Å². The van der Waals surface area contributed by atoms with Crippen molar-refractivity contribution in [1.29, 1.82) is 0 Å². The van der Waals surface area contributed by atoms with Crippen molar-refractivity contribution in [3.8, 4) is 11.6 Å². The van der Waals surface area contributed by atoms with E-state index in [0.29, 0.717) is 16.3 Å². The lowest BCUT2D eigenvalue weighted by atomic mass is 10.3. The van der Waals surface area contributed by atoms with Crippen molar-refractivity contribution in [1.82, 2.24) is 9.97 Å². The van der Waals surface area contributed by atoms with Crippen LogP contribution in [-0.4, -0.2) is 17.0 Å². The fraction of sp³-hybridized carbons (Fsp3) is 0.0909. The first-order chi connectivity index (χ1) is 8.19. The van der Waals surface area contributed by atoms with Gasteiger partial charge in [-0.1, -0.05) is 15.9 Å². The molecule has 0 bridgehead atoms. The fourth-order valence-electron chi connectivity index (χ4n) is 1.16. The van der Waals surface area contributed by atoms with E-state index in [4.69, 9.17) is 4.74 Å². The van der Waals surface area contributed by atoms with E-state index in [1.807, 2.05) is 24.3 Å². The van der Waals surface area contributed by atoms with Gasteiger partial charge in [-0.3, -0.25) is 0 Å².